The second-order valence-corrected chi connectivity index (χ2v) is 6.79. The molecule has 2 aromatic rings. The molecule has 0 unspecified atom stereocenters. The lowest BCUT2D eigenvalue weighted by molar-refractivity contribution is 0.103. The van der Waals surface area contributed by atoms with E-state index in [1.165, 1.54) is 50.5 Å². The van der Waals surface area contributed by atoms with Crippen LogP contribution in [-0.4, -0.2) is 5.78 Å². The lowest BCUT2D eigenvalue weighted by atomic mass is 9.99. The van der Waals surface area contributed by atoms with Crippen molar-refractivity contribution in [1.82, 2.24) is 0 Å². The van der Waals surface area contributed by atoms with Crippen molar-refractivity contribution in [3.8, 4) is 0 Å². The number of hydrogen-bond acceptors (Lipinski definition) is 3. The molecule has 0 atom stereocenters. The first kappa shape index (κ1) is 19.0. The largest absolute Gasteiger partial charge is 0.399 e. The molecular weight excluding hydrogens is 308 g/mol. The van der Waals surface area contributed by atoms with Gasteiger partial charge in [0.05, 0.1) is 0 Å². The molecule has 0 aliphatic rings. The maximum atomic E-state index is 12.5. The first-order valence-electron chi connectivity index (χ1n) is 9.40. The summed E-state index contributed by atoms with van der Waals surface area (Å²) in [5.41, 5.74) is 15.1. The highest BCUT2D eigenvalue weighted by molar-refractivity contribution is 6.09. The highest BCUT2D eigenvalue weighted by Crippen LogP contribution is 2.18. The summed E-state index contributed by atoms with van der Waals surface area (Å²) >= 11 is 0. The fraction of sp³-hybridized carbons (Fsp3) is 0.409. The van der Waals surface area contributed by atoms with Gasteiger partial charge in [0.2, 0.25) is 0 Å². The van der Waals surface area contributed by atoms with Crippen molar-refractivity contribution in [2.24, 2.45) is 0 Å². The number of aryl methyl sites for hydroxylation is 1. The first-order valence-corrected chi connectivity index (χ1v) is 9.40. The Labute approximate surface area is 151 Å². The van der Waals surface area contributed by atoms with E-state index < -0.39 is 0 Å². The lowest BCUT2D eigenvalue weighted by Gasteiger charge is -2.06. The van der Waals surface area contributed by atoms with Crippen LogP contribution in [0, 0.1) is 0 Å². The van der Waals surface area contributed by atoms with Gasteiger partial charge in [-0.3, -0.25) is 4.79 Å². The maximum absolute atomic E-state index is 12.5. The average Bonchev–Trinajstić information content (AvgIpc) is 2.60. The first-order chi connectivity index (χ1) is 12.1. The van der Waals surface area contributed by atoms with Gasteiger partial charge < -0.3 is 11.5 Å². The second-order valence-electron chi connectivity index (χ2n) is 6.79. The smallest absolute Gasteiger partial charge is 0.193 e. The molecule has 2 rings (SSSR count). The summed E-state index contributed by atoms with van der Waals surface area (Å²) in [7, 11) is 0. The van der Waals surface area contributed by atoms with Gasteiger partial charge in [-0.25, -0.2) is 0 Å². The van der Waals surface area contributed by atoms with E-state index in [1.54, 1.807) is 18.2 Å². The summed E-state index contributed by atoms with van der Waals surface area (Å²) in [6, 6.07) is 12.9. The Bertz CT molecular complexity index is 657. The van der Waals surface area contributed by atoms with Gasteiger partial charge in [-0.15, -0.1) is 0 Å². The van der Waals surface area contributed by atoms with Crippen LogP contribution in [0.25, 0.3) is 0 Å². The molecule has 0 saturated heterocycles. The Balaban J connectivity index is 1.84. The molecule has 0 aliphatic carbocycles. The van der Waals surface area contributed by atoms with Crippen LogP contribution in [0.4, 0.5) is 11.4 Å². The van der Waals surface area contributed by atoms with Crippen LogP contribution in [0.15, 0.2) is 42.5 Å². The van der Waals surface area contributed by atoms with Gasteiger partial charge in [-0.2, -0.15) is 0 Å². The van der Waals surface area contributed by atoms with Gasteiger partial charge in [0.15, 0.2) is 5.78 Å². The summed E-state index contributed by atoms with van der Waals surface area (Å²) < 4.78 is 0. The zero-order chi connectivity index (χ0) is 18.1. The number of nitrogens with two attached hydrogens (primary N) is 2. The van der Waals surface area contributed by atoms with Crippen LogP contribution in [0.3, 0.4) is 0 Å². The van der Waals surface area contributed by atoms with Gasteiger partial charge in [-0.1, -0.05) is 69.7 Å². The van der Waals surface area contributed by atoms with Gasteiger partial charge in [0, 0.05) is 22.5 Å². The Kier molecular flexibility index (Phi) is 7.52. The molecule has 0 bridgehead atoms. The van der Waals surface area contributed by atoms with Gasteiger partial charge in [0.1, 0.15) is 0 Å². The van der Waals surface area contributed by atoms with Crippen molar-refractivity contribution in [1.29, 1.82) is 0 Å². The lowest BCUT2D eigenvalue weighted by Crippen LogP contribution is -2.04. The minimum atomic E-state index is -0.0403. The average molecular weight is 338 g/mol. The summed E-state index contributed by atoms with van der Waals surface area (Å²) in [6.45, 7) is 2.25. The molecule has 3 nitrogen and oxygen atoms in total. The Hall–Kier alpha value is -2.29. The number of rotatable bonds is 10. The van der Waals surface area contributed by atoms with Crippen molar-refractivity contribution in [2.75, 3.05) is 11.5 Å². The van der Waals surface area contributed by atoms with E-state index in [2.05, 4.69) is 19.1 Å². The van der Waals surface area contributed by atoms with E-state index in [0.717, 1.165) is 6.42 Å². The van der Waals surface area contributed by atoms with Crippen molar-refractivity contribution < 1.29 is 4.79 Å². The SMILES string of the molecule is CCCCCCCCCc1ccc(C(=O)c2cc(N)cc(N)c2)cc1. The van der Waals surface area contributed by atoms with E-state index in [4.69, 9.17) is 11.5 Å². The van der Waals surface area contributed by atoms with Crippen molar-refractivity contribution in [3.05, 3.63) is 59.2 Å². The van der Waals surface area contributed by atoms with E-state index >= 15 is 0 Å². The van der Waals surface area contributed by atoms with Crippen LogP contribution in [0.2, 0.25) is 0 Å². The molecule has 0 amide bonds. The molecule has 0 fully saturated rings. The number of carbonyl (C=O) groups is 1. The molecule has 4 N–H and O–H groups in total. The minimum Gasteiger partial charge on any atom is -0.399 e. The molecule has 0 heterocycles. The van der Waals surface area contributed by atoms with Crippen LogP contribution in [-0.2, 0) is 6.42 Å². The molecule has 134 valence electrons. The number of ketones is 1. The Morgan fingerprint density at radius 1 is 0.760 bits per heavy atom. The maximum Gasteiger partial charge on any atom is 0.193 e. The molecule has 0 aliphatic heterocycles. The van der Waals surface area contributed by atoms with Crippen molar-refractivity contribution >= 4 is 17.2 Å². The van der Waals surface area contributed by atoms with Crippen LogP contribution in [0.1, 0.15) is 73.4 Å². The summed E-state index contributed by atoms with van der Waals surface area (Å²) in [5.74, 6) is -0.0403. The third-order valence-corrected chi connectivity index (χ3v) is 4.52. The fourth-order valence-electron chi connectivity index (χ4n) is 3.08. The number of nitrogen functional groups attached to an aromatic ring is 2. The normalized spacial score (nSPS) is 10.8. The Morgan fingerprint density at radius 3 is 1.92 bits per heavy atom. The zero-order valence-corrected chi connectivity index (χ0v) is 15.3. The molecule has 0 radical (unpaired) electrons. The van der Waals surface area contributed by atoms with Crippen LogP contribution in [0.5, 0.6) is 0 Å². The predicted molar refractivity (Wildman–Crippen MR) is 107 cm³/mol. The number of benzene rings is 2. The number of unbranched alkanes of at least 4 members (excludes halogenated alkanes) is 6. The third kappa shape index (κ3) is 6.26. The fourth-order valence-corrected chi connectivity index (χ4v) is 3.08. The van der Waals surface area contributed by atoms with E-state index in [0.29, 0.717) is 22.5 Å². The highest BCUT2D eigenvalue weighted by Gasteiger charge is 2.10. The van der Waals surface area contributed by atoms with E-state index in [9.17, 15) is 4.79 Å². The van der Waals surface area contributed by atoms with E-state index in [-0.39, 0.29) is 5.78 Å². The summed E-state index contributed by atoms with van der Waals surface area (Å²) in [4.78, 5) is 12.5. The summed E-state index contributed by atoms with van der Waals surface area (Å²) in [6.07, 6.45) is 10.3. The predicted octanol–water partition coefficient (Wildman–Crippen LogP) is 5.38. The number of anilines is 2. The molecule has 0 aromatic heterocycles. The number of hydrogen-bond donors (Lipinski definition) is 2. The second kappa shape index (κ2) is 9.87. The molecule has 25 heavy (non-hydrogen) atoms. The van der Waals surface area contributed by atoms with Gasteiger partial charge in [-0.05, 0) is 36.6 Å². The Morgan fingerprint density at radius 2 is 1.32 bits per heavy atom. The van der Waals surface area contributed by atoms with E-state index in [1.807, 2.05) is 12.1 Å². The highest BCUT2D eigenvalue weighted by atomic mass is 16.1. The van der Waals surface area contributed by atoms with Crippen LogP contribution >= 0.6 is 0 Å². The van der Waals surface area contributed by atoms with Crippen LogP contribution < -0.4 is 11.5 Å². The summed E-state index contributed by atoms with van der Waals surface area (Å²) in [5, 5.41) is 0. The standard InChI is InChI=1S/C22H30N2O/c1-2-3-4-5-6-7-8-9-17-10-12-18(13-11-17)22(25)19-14-20(23)16-21(24)15-19/h10-16H,2-9,23-24H2,1H3. The third-order valence-electron chi connectivity index (χ3n) is 4.52. The number of carbonyl (C=O) groups excluding carboxylic acids is 1. The quantitative estimate of drug-likeness (QED) is 0.347. The minimum absolute atomic E-state index is 0.0403. The molecule has 2 aromatic carbocycles. The monoisotopic (exact) mass is 338 g/mol. The molecule has 0 spiro atoms. The zero-order valence-electron chi connectivity index (χ0n) is 15.3. The molecular formula is C22H30N2O. The molecule has 0 saturated carbocycles. The van der Waals surface area contributed by atoms with Gasteiger partial charge >= 0.3 is 0 Å². The van der Waals surface area contributed by atoms with Crippen molar-refractivity contribution in [2.45, 2.75) is 58.3 Å². The van der Waals surface area contributed by atoms with Crippen molar-refractivity contribution in [3.63, 3.8) is 0 Å². The molecule has 3 heteroatoms. The topological polar surface area (TPSA) is 69.1 Å². The van der Waals surface area contributed by atoms with Gasteiger partial charge in [0.25, 0.3) is 0 Å².